The van der Waals surface area contributed by atoms with Gasteiger partial charge < -0.3 is 10.1 Å². The van der Waals surface area contributed by atoms with Crippen LogP contribution in [0.5, 0.6) is 5.75 Å². The molecule has 0 saturated heterocycles. The van der Waals surface area contributed by atoms with Crippen LogP contribution in [-0.4, -0.2) is 13.0 Å². The molecule has 0 unspecified atom stereocenters. The summed E-state index contributed by atoms with van der Waals surface area (Å²) in [6.45, 7) is 0. The van der Waals surface area contributed by atoms with Crippen molar-refractivity contribution >= 4 is 28.8 Å². The number of fused-ring (bicyclic) bond motifs is 1. The molecule has 1 amide bonds. The Morgan fingerprint density at radius 3 is 2.22 bits per heavy atom. The van der Waals surface area contributed by atoms with Crippen LogP contribution < -0.4 is 10.1 Å². The zero-order valence-corrected chi connectivity index (χ0v) is 15.0. The molecule has 0 saturated carbocycles. The van der Waals surface area contributed by atoms with E-state index in [0.717, 1.165) is 33.7 Å². The van der Waals surface area contributed by atoms with Crippen LogP contribution in [-0.2, 0) is 4.79 Å². The Bertz CT molecular complexity index is 1030. The summed E-state index contributed by atoms with van der Waals surface area (Å²) in [5, 5.41) is 2.97. The highest BCUT2D eigenvalue weighted by atomic mass is 16.5. The summed E-state index contributed by atoms with van der Waals surface area (Å²) in [7, 11) is 1.62. The summed E-state index contributed by atoms with van der Waals surface area (Å²) in [5.41, 5.74) is 5.57. The van der Waals surface area contributed by atoms with Crippen molar-refractivity contribution in [3.8, 4) is 5.75 Å². The van der Waals surface area contributed by atoms with E-state index in [1.807, 2.05) is 72.8 Å². The molecule has 4 rings (SSSR count). The minimum atomic E-state index is -0.121. The van der Waals surface area contributed by atoms with Crippen molar-refractivity contribution in [3.63, 3.8) is 0 Å². The van der Waals surface area contributed by atoms with Gasteiger partial charge in [0.25, 0.3) is 5.91 Å². The summed E-state index contributed by atoms with van der Waals surface area (Å²) < 4.78 is 5.16. The smallest absolute Gasteiger partial charge is 0.256 e. The van der Waals surface area contributed by atoms with E-state index in [9.17, 15) is 4.79 Å². The highest BCUT2D eigenvalue weighted by Crippen LogP contribution is 2.37. The van der Waals surface area contributed by atoms with Gasteiger partial charge >= 0.3 is 0 Å². The van der Waals surface area contributed by atoms with Gasteiger partial charge in [0.05, 0.1) is 7.11 Å². The fraction of sp³-hybridized carbons (Fsp3) is 0.0417. The maximum atomic E-state index is 12.9. The first kappa shape index (κ1) is 16.9. The van der Waals surface area contributed by atoms with Crippen molar-refractivity contribution in [2.75, 3.05) is 12.4 Å². The fourth-order valence-electron chi connectivity index (χ4n) is 3.19. The van der Waals surface area contributed by atoms with Crippen molar-refractivity contribution in [2.45, 2.75) is 0 Å². The Morgan fingerprint density at radius 2 is 1.52 bits per heavy atom. The molecule has 3 aromatic rings. The third-order valence-corrected chi connectivity index (χ3v) is 4.54. The van der Waals surface area contributed by atoms with Gasteiger partial charge in [0.1, 0.15) is 5.75 Å². The van der Waals surface area contributed by atoms with E-state index in [1.54, 1.807) is 7.11 Å². The number of rotatable bonds is 4. The number of allylic oxidation sites excluding steroid dienone is 2. The molecule has 0 aliphatic heterocycles. The van der Waals surface area contributed by atoms with Crippen LogP contribution in [0, 0.1) is 0 Å². The molecule has 0 aromatic heterocycles. The Kier molecular flexibility index (Phi) is 4.58. The monoisotopic (exact) mass is 353 g/mol. The molecule has 0 bridgehead atoms. The first-order chi connectivity index (χ1) is 13.2. The molecule has 27 heavy (non-hydrogen) atoms. The van der Waals surface area contributed by atoms with Gasteiger partial charge in [0.2, 0.25) is 0 Å². The number of benzene rings is 3. The predicted octanol–water partition coefficient (Wildman–Crippen LogP) is 5.27. The van der Waals surface area contributed by atoms with Crippen LogP contribution in [0.15, 0.2) is 84.9 Å². The van der Waals surface area contributed by atoms with E-state index in [1.165, 1.54) is 0 Å². The van der Waals surface area contributed by atoms with Gasteiger partial charge in [-0.1, -0.05) is 54.6 Å². The first-order valence-corrected chi connectivity index (χ1v) is 8.78. The first-order valence-electron chi connectivity index (χ1n) is 8.78. The van der Waals surface area contributed by atoms with Crippen LogP contribution >= 0.6 is 0 Å². The maximum absolute atomic E-state index is 12.9. The second-order valence-electron chi connectivity index (χ2n) is 6.30. The molecule has 3 nitrogen and oxygen atoms in total. The van der Waals surface area contributed by atoms with Crippen LogP contribution in [0.25, 0.3) is 17.2 Å². The summed E-state index contributed by atoms with van der Waals surface area (Å²) in [6, 6.07) is 25.4. The Labute approximate surface area is 158 Å². The third-order valence-electron chi connectivity index (χ3n) is 4.54. The SMILES string of the molecule is COc1ccc(NC(=O)C2=C/C(=C\c3ccccc3)c3ccccc32)cc1. The Balaban J connectivity index is 1.65. The van der Waals surface area contributed by atoms with Crippen molar-refractivity contribution in [2.24, 2.45) is 0 Å². The van der Waals surface area contributed by atoms with Crippen molar-refractivity contribution in [3.05, 3.63) is 102 Å². The second kappa shape index (κ2) is 7.34. The number of amides is 1. The zero-order chi connectivity index (χ0) is 18.6. The highest BCUT2D eigenvalue weighted by Gasteiger charge is 2.23. The molecule has 3 heteroatoms. The largest absolute Gasteiger partial charge is 0.497 e. The molecule has 0 fully saturated rings. The number of nitrogens with one attached hydrogen (secondary N) is 1. The van der Waals surface area contributed by atoms with E-state index in [4.69, 9.17) is 4.74 Å². The van der Waals surface area contributed by atoms with Gasteiger partial charge in [-0.25, -0.2) is 0 Å². The molecule has 3 aromatic carbocycles. The van der Waals surface area contributed by atoms with E-state index in [0.29, 0.717) is 5.57 Å². The van der Waals surface area contributed by atoms with Gasteiger partial charge in [-0.15, -0.1) is 0 Å². The maximum Gasteiger partial charge on any atom is 0.256 e. The molecule has 132 valence electrons. The molecule has 1 N–H and O–H groups in total. The van der Waals surface area contributed by atoms with Gasteiger partial charge in [0, 0.05) is 11.3 Å². The van der Waals surface area contributed by atoms with Gasteiger partial charge in [0.15, 0.2) is 0 Å². The average Bonchev–Trinajstić information content (AvgIpc) is 3.08. The number of hydrogen-bond acceptors (Lipinski definition) is 2. The molecule has 0 radical (unpaired) electrons. The lowest BCUT2D eigenvalue weighted by molar-refractivity contribution is -0.111. The number of ether oxygens (including phenoxy) is 1. The van der Waals surface area contributed by atoms with E-state index < -0.39 is 0 Å². The molecular weight excluding hydrogens is 334 g/mol. The van der Waals surface area contributed by atoms with Crippen LogP contribution in [0.3, 0.4) is 0 Å². The standard InChI is InChI=1S/C24H19NO2/c1-27-20-13-11-19(12-14-20)25-24(26)23-16-18(15-17-7-3-2-4-8-17)21-9-5-6-10-22(21)23/h2-16H,1H3,(H,25,26)/b18-15+. The topological polar surface area (TPSA) is 38.3 Å². The summed E-state index contributed by atoms with van der Waals surface area (Å²) in [4.78, 5) is 12.9. The summed E-state index contributed by atoms with van der Waals surface area (Å²) in [6.07, 6.45) is 4.06. The normalized spacial score (nSPS) is 13.8. The van der Waals surface area contributed by atoms with Crippen molar-refractivity contribution in [1.29, 1.82) is 0 Å². The van der Waals surface area contributed by atoms with E-state index in [-0.39, 0.29) is 5.91 Å². The molecule has 0 spiro atoms. The van der Waals surface area contributed by atoms with Gasteiger partial charge in [-0.3, -0.25) is 4.79 Å². The number of methoxy groups -OCH3 is 1. The second-order valence-corrected chi connectivity index (χ2v) is 6.30. The van der Waals surface area contributed by atoms with Gasteiger partial charge in [-0.05, 0) is 58.7 Å². The predicted molar refractivity (Wildman–Crippen MR) is 110 cm³/mol. The third kappa shape index (κ3) is 3.53. The lowest BCUT2D eigenvalue weighted by Gasteiger charge is -2.08. The zero-order valence-electron chi connectivity index (χ0n) is 15.0. The van der Waals surface area contributed by atoms with Crippen LogP contribution in [0.2, 0.25) is 0 Å². The van der Waals surface area contributed by atoms with Crippen LogP contribution in [0.4, 0.5) is 5.69 Å². The van der Waals surface area contributed by atoms with Crippen molar-refractivity contribution < 1.29 is 9.53 Å². The fourth-order valence-corrected chi connectivity index (χ4v) is 3.19. The number of anilines is 1. The molecule has 0 heterocycles. The number of hydrogen-bond donors (Lipinski definition) is 1. The molecule has 1 aliphatic rings. The minimum Gasteiger partial charge on any atom is -0.497 e. The molecular formula is C24H19NO2. The molecule has 1 aliphatic carbocycles. The Morgan fingerprint density at radius 1 is 0.852 bits per heavy atom. The van der Waals surface area contributed by atoms with E-state index in [2.05, 4.69) is 23.5 Å². The average molecular weight is 353 g/mol. The summed E-state index contributed by atoms with van der Waals surface area (Å²) in [5.74, 6) is 0.635. The Hall–Kier alpha value is -3.59. The minimum absolute atomic E-state index is 0.121. The number of carbonyl (C=O) groups is 1. The molecule has 0 atom stereocenters. The highest BCUT2D eigenvalue weighted by molar-refractivity contribution is 6.30. The quantitative estimate of drug-likeness (QED) is 0.694. The summed E-state index contributed by atoms with van der Waals surface area (Å²) >= 11 is 0. The lowest BCUT2D eigenvalue weighted by atomic mass is 10.0. The van der Waals surface area contributed by atoms with Crippen LogP contribution in [0.1, 0.15) is 16.7 Å². The lowest BCUT2D eigenvalue weighted by Crippen LogP contribution is -2.12. The van der Waals surface area contributed by atoms with Crippen molar-refractivity contribution in [1.82, 2.24) is 0 Å². The number of carbonyl (C=O) groups excluding carboxylic acids is 1. The van der Waals surface area contributed by atoms with Gasteiger partial charge in [-0.2, -0.15) is 0 Å². The van der Waals surface area contributed by atoms with E-state index >= 15 is 0 Å².